The van der Waals surface area contributed by atoms with Gasteiger partial charge >= 0.3 is 0 Å². The second-order valence-corrected chi connectivity index (χ2v) is 3.92. The molecule has 0 spiro atoms. The number of nitrogens with one attached hydrogen (secondary N) is 1. The van der Waals surface area contributed by atoms with Crippen LogP contribution in [0.3, 0.4) is 0 Å². The number of ether oxygens (including phenoxy) is 1. The molecular formula is C11H21NO. The molecule has 1 rings (SSSR count). The van der Waals surface area contributed by atoms with E-state index in [4.69, 9.17) is 4.74 Å². The van der Waals surface area contributed by atoms with Crippen molar-refractivity contribution in [2.24, 2.45) is 5.92 Å². The van der Waals surface area contributed by atoms with E-state index in [0.717, 1.165) is 26.1 Å². The predicted octanol–water partition coefficient (Wildman–Crippen LogP) is 1.97. The molecule has 13 heavy (non-hydrogen) atoms. The Kier molecular flexibility index (Phi) is 4.46. The smallest absolute Gasteiger partial charge is 0.0729 e. The minimum Gasteiger partial charge on any atom is -0.372 e. The van der Waals surface area contributed by atoms with E-state index in [1.165, 1.54) is 12.0 Å². The highest BCUT2D eigenvalue weighted by molar-refractivity contribution is 4.93. The lowest BCUT2D eigenvalue weighted by Crippen LogP contribution is -2.41. The molecule has 1 saturated heterocycles. The quantitative estimate of drug-likeness (QED) is 0.673. The standard InChI is InChI=1S/C11H21NO/c1-4-9(2)8-13-11-7-12-6-5-10(11)3/h10-12H,2,4-8H2,1,3H3. The maximum absolute atomic E-state index is 5.79. The summed E-state index contributed by atoms with van der Waals surface area (Å²) < 4.78 is 5.79. The second kappa shape index (κ2) is 5.40. The lowest BCUT2D eigenvalue weighted by molar-refractivity contribution is 0.0160. The molecule has 2 unspecified atom stereocenters. The molecule has 2 atom stereocenters. The fourth-order valence-electron chi connectivity index (χ4n) is 1.51. The average molecular weight is 183 g/mol. The molecule has 1 aliphatic rings. The minimum atomic E-state index is 0.386. The van der Waals surface area contributed by atoms with Crippen molar-refractivity contribution in [3.8, 4) is 0 Å². The van der Waals surface area contributed by atoms with Crippen LogP contribution < -0.4 is 5.32 Å². The molecule has 2 heteroatoms. The van der Waals surface area contributed by atoms with E-state index in [1.807, 2.05) is 0 Å². The van der Waals surface area contributed by atoms with E-state index < -0.39 is 0 Å². The summed E-state index contributed by atoms with van der Waals surface area (Å²) in [7, 11) is 0. The fraction of sp³-hybridized carbons (Fsp3) is 0.818. The third-order valence-corrected chi connectivity index (χ3v) is 2.76. The van der Waals surface area contributed by atoms with Crippen LogP contribution in [0.2, 0.25) is 0 Å². The Bertz CT molecular complexity index is 167. The first kappa shape index (κ1) is 10.7. The Morgan fingerprint density at radius 1 is 1.62 bits per heavy atom. The molecule has 76 valence electrons. The van der Waals surface area contributed by atoms with Crippen molar-refractivity contribution in [1.82, 2.24) is 5.32 Å². The first-order valence-corrected chi connectivity index (χ1v) is 5.23. The zero-order valence-corrected chi connectivity index (χ0v) is 8.81. The van der Waals surface area contributed by atoms with Crippen molar-refractivity contribution in [2.75, 3.05) is 19.7 Å². The summed E-state index contributed by atoms with van der Waals surface area (Å²) in [6, 6.07) is 0. The van der Waals surface area contributed by atoms with E-state index in [9.17, 15) is 0 Å². The first-order valence-electron chi connectivity index (χ1n) is 5.23. The molecular weight excluding hydrogens is 162 g/mol. The van der Waals surface area contributed by atoms with Crippen LogP contribution in [0, 0.1) is 5.92 Å². The lowest BCUT2D eigenvalue weighted by Gasteiger charge is -2.29. The number of piperidine rings is 1. The van der Waals surface area contributed by atoms with E-state index in [-0.39, 0.29) is 0 Å². The molecule has 0 bridgehead atoms. The molecule has 1 fully saturated rings. The van der Waals surface area contributed by atoms with Gasteiger partial charge in [-0.3, -0.25) is 0 Å². The van der Waals surface area contributed by atoms with Crippen molar-refractivity contribution >= 4 is 0 Å². The summed E-state index contributed by atoms with van der Waals surface area (Å²) in [4.78, 5) is 0. The lowest BCUT2D eigenvalue weighted by atomic mass is 9.97. The summed E-state index contributed by atoms with van der Waals surface area (Å²) in [5.74, 6) is 0.686. The number of hydrogen-bond donors (Lipinski definition) is 1. The highest BCUT2D eigenvalue weighted by atomic mass is 16.5. The van der Waals surface area contributed by atoms with Crippen LogP contribution in [0.15, 0.2) is 12.2 Å². The summed E-state index contributed by atoms with van der Waals surface area (Å²) in [6.45, 7) is 11.2. The number of hydrogen-bond acceptors (Lipinski definition) is 2. The van der Waals surface area contributed by atoms with Gasteiger partial charge in [-0.15, -0.1) is 0 Å². The summed E-state index contributed by atoms with van der Waals surface area (Å²) >= 11 is 0. The fourth-order valence-corrected chi connectivity index (χ4v) is 1.51. The molecule has 0 aromatic rings. The van der Waals surface area contributed by atoms with Crippen molar-refractivity contribution in [3.05, 3.63) is 12.2 Å². The van der Waals surface area contributed by atoms with Crippen LogP contribution in [-0.4, -0.2) is 25.8 Å². The molecule has 0 saturated carbocycles. The predicted molar refractivity (Wildman–Crippen MR) is 55.8 cm³/mol. The summed E-state index contributed by atoms with van der Waals surface area (Å²) in [6.07, 6.45) is 2.63. The zero-order valence-electron chi connectivity index (χ0n) is 8.81. The molecule has 0 amide bonds. The van der Waals surface area contributed by atoms with Gasteiger partial charge in [-0.05, 0) is 25.3 Å². The largest absolute Gasteiger partial charge is 0.372 e. The Labute approximate surface area is 81.4 Å². The van der Waals surface area contributed by atoms with Gasteiger partial charge in [0.05, 0.1) is 12.7 Å². The summed E-state index contributed by atoms with van der Waals surface area (Å²) in [5.41, 5.74) is 1.19. The van der Waals surface area contributed by atoms with Crippen LogP contribution >= 0.6 is 0 Å². The maximum Gasteiger partial charge on any atom is 0.0729 e. The van der Waals surface area contributed by atoms with Gasteiger partial charge in [0.25, 0.3) is 0 Å². The highest BCUT2D eigenvalue weighted by Crippen LogP contribution is 2.15. The van der Waals surface area contributed by atoms with Crippen molar-refractivity contribution in [2.45, 2.75) is 32.8 Å². The maximum atomic E-state index is 5.79. The molecule has 0 aromatic carbocycles. The Morgan fingerprint density at radius 2 is 2.38 bits per heavy atom. The number of rotatable bonds is 4. The molecule has 1 aliphatic heterocycles. The van der Waals surface area contributed by atoms with Crippen LogP contribution in [-0.2, 0) is 4.74 Å². The van der Waals surface area contributed by atoms with E-state index >= 15 is 0 Å². The van der Waals surface area contributed by atoms with Crippen molar-refractivity contribution in [3.63, 3.8) is 0 Å². The van der Waals surface area contributed by atoms with Crippen LogP contribution in [0.1, 0.15) is 26.7 Å². The van der Waals surface area contributed by atoms with Gasteiger partial charge < -0.3 is 10.1 Å². The van der Waals surface area contributed by atoms with Gasteiger partial charge in [0.1, 0.15) is 0 Å². The van der Waals surface area contributed by atoms with E-state index in [1.54, 1.807) is 0 Å². The van der Waals surface area contributed by atoms with Gasteiger partial charge in [-0.2, -0.15) is 0 Å². The molecule has 0 radical (unpaired) electrons. The van der Waals surface area contributed by atoms with Gasteiger partial charge in [-0.1, -0.05) is 26.0 Å². The Hall–Kier alpha value is -0.340. The third-order valence-electron chi connectivity index (χ3n) is 2.76. The van der Waals surface area contributed by atoms with Gasteiger partial charge in [0, 0.05) is 6.54 Å². The van der Waals surface area contributed by atoms with Gasteiger partial charge in [0.15, 0.2) is 0 Å². The normalized spacial score (nSPS) is 28.8. The molecule has 1 N–H and O–H groups in total. The summed E-state index contributed by atoms with van der Waals surface area (Å²) in [5, 5.41) is 3.35. The van der Waals surface area contributed by atoms with Gasteiger partial charge in [-0.25, -0.2) is 0 Å². The minimum absolute atomic E-state index is 0.386. The van der Waals surface area contributed by atoms with Crippen LogP contribution in [0.5, 0.6) is 0 Å². The Morgan fingerprint density at radius 3 is 3.00 bits per heavy atom. The molecule has 2 nitrogen and oxygen atoms in total. The zero-order chi connectivity index (χ0) is 9.68. The van der Waals surface area contributed by atoms with Crippen molar-refractivity contribution < 1.29 is 4.74 Å². The second-order valence-electron chi connectivity index (χ2n) is 3.92. The average Bonchev–Trinajstić information content (AvgIpc) is 2.16. The SMILES string of the molecule is C=C(CC)COC1CNCCC1C. The topological polar surface area (TPSA) is 21.3 Å². The van der Waals surface area contributed by atoms with E-state index in [2.05, 4.69) is 25.7 Å². The van der Waals surface area contributed by atoms with Crippen molar-refractivity contribution in [1.29, 1.82) is 0 Å². The molecule has 1 heterocycles. The Balaban J connectivity index is 2.22. The molecule has 0 aliphatic carbocycles. The third kappa shape index (κ3) is 3.49. The molecule has 0 aromatic heterocycles. The van der Waals surface area contributed by atoms with E-state index in [0.29, 0.717) is 12.0 Å². The monoisotopic (exact) mass is 183 g/mol. The highest BCUT2D eigenvalue weighted by Gasteiger charge is 2.21. The first-order chi connectivity index (χ1) is 6.24. The van der Waals surface area contributed by atoms with Gasteiger partial charge in [0.2, 0.25) is 0 Å². The van der Waals surface area contributed by atoms with Crippen LogP contribution in [0.25, 0.3) is 0 Å². The van der Waals surface area contributed by atoms with Crippen LogP contribution in [0.4, 0.5) is 0 Å².